The second-order valence-electron chi connectivity index (χ2n) is 3.17. The summed E-state index contributed by atoms with van der Waals surface area (Å²) < 4.78 is 1.63. The summed E-state index contributed by atoms with van der Waals surface area (Å²) >= 11 is 1.12. The highest BCUT2D eigenvalue weighted by Crippen LogP contribution is 2.17. The van der Waals surface area contributed by atoms with Gasteiger partial charge in [0.1, 0.15) is 0 Å². The molecular formula is C8H10N6OS. The fourth-order valence-electron chi connectivity index (χ4n) is 1.17. The Hall–Kier alpha value is -1.96. The van der Waals surface area contributed by atoms with Gasteiger partial charge < -0.3 is 5.73 Å². The van der Waals surface area contributed by atoms with Crippen molar-refractivity contribution in [1.29, 1.82) is 0 Å². The third-order valence-corrected chi connectivity index (χ3v) is 2.81. The number of nitrogens with zero attached hydrogens (tertiary/aromatic N) is 4. The quantitative estimate of drug-likeness (QED) is 0.789. The number of aromatic nitrogens is 4. The number of rotatable bonds is 2. The molecule has 0 aliphatic carbocycles. The third-order valence-electron chi connectivity index (χ3n) is 2.14. The van der Waals surface area contributed by atoms with Crippen LogP contribution >= 0.6 is 11.3 Å². The Morgan fingerprint density at radius 3 is 2.81 bits per heavy atom. The molecule has 0 unspecified atom stereocenters. The number of nitrogens with one attached hydrogen (secondary N) is 1. The summed E-state index contributed by atoms with van der Waals surface area (Å²) in [5, 5.41) is 14.6. The number of anilines is 2. The lowest BCUT2D eigenvalue weighted by Gasteiger charge is -1.99. The molecule has 0 spiro atoms. The van der Waals surface area contributed by atoms with Crippen LogP contribution in [0.4, 0.5) is 10.3 Å². The van der Waals surface area contributed by atoms with Crippen LogP contribution in [0, 0.1) is 6.92 Å². The van der Waals surface area contributed by atoms with Gasteiger partial charge >= 0.3 is 0 Å². The molecule has 3 N–H and O–H groups in total. The molecule has 2 heterocycles. The molecule has 2 aromatic heterocycles. The van der Waals surface area contributed by atoms with Gasteiger partial charge in [-0.15, -0.1) is 10.2 Å². The van der Waals surface area contributed by atoms with Gasteiger partial charge in [-0.05, 0) is 6.92 Å². The second kappa shape index (κ2) is 3.89. The largest absolute Gasteiger partial charge is 0.374 e. The highest BCUT2D eigenvalue weighted by molar-refractivity contribution is 7.19. The van der Waals surface area contributed by atoms with Gasteiger partial charge in [0.2, 0.25) is 10.3 Å². The number of nitrogen functional groups attached to an aromatic ring is 1. The normalized spacial score (nSPS) is 10.4. The molecule has 2 rings (SSSR count). The fourth-order valence-corrected chi connectivity index (χ4v) is 1.68. The molecule has 0 saturated heterocycles. The Bertz CT molecular complexity index is 530. The van der Waals surface area contributed by atoms with Gasteiger partial charge in [-0.25, -0.2) is 0 Å². The molecule has 16 heavy (non-hydrogen) atoms. The average molecular weight is 238 g/mol. The van der Waals surface area contributed by atoms with Gasteiger partial charge in [-0.2, -0.15) is 5.10 Å². The molecule has 2 aromatic rings. The number of carbonyl (C=O) groups is 1. The predicted molar refractivity (Wildman–Crippen MR) is 60.2 cm³/mol. The Morgan fingerprint density at radius 2 is 2.31 bits per heavy atom. The van der Waals surface area contributed by atoms with Gasteiger partial charge in [-0.1, -0.05) is 11.3 Å². The average Bonchev–Trinajstić information content (AvgIpc) is 2.76. The van der Waals surface area contributed by atoms with Crippen molar-refractivity contribution < 1.29 is 4.79 Å². The first-order valence-corrected chi connectivity index (χ1v) is 5.28. The van der Waals surface area contributed by atoms with Crippen molar-refractivity contribution in [2.75, 3.05) is 11.1 Å². The van der Waals surface area contributed by atoms with Crippen molar-refractivity contribution in [3.8, 4) is 0 Å². The van der Waals surface area contributed by atoms with Crippen LogP contribution in [0.15, 0.2) is 6.20 Å². The lowest BCUT2D eigenvalue weighted by atomic mass is 10.2. The summed E-state index contributed by atoms with van der Waals surface area (Å²) in [6.07, 6.45) is 1.51. The van der Waals surface area contributed by atoms with Crippen LogP contribution in [-0.4, -0.2) is 25.9 Å². The maximum absolute atomic E-state index is 11.8. The minimum Gasteiger partial charge on any atom is -0.374 e. The van der Waals surface area contributed by atoms with Crippen LogP contribution in [0.2, 0.25) is 0 Å². The Morgan fingerprint density at radius 1 is 1.56 bits per heavy atom. The van der Waals surface area contributed by atoms with Crippen molar-refractivity contribution in [3.05, 3.63) is 17.5 Å². The monoisotopic (exact) mass is 238 g/mol. The fraction of sp³-hybridized carbons (Fsp3) is 0.250. The second-order valence-corrected chi connectivity index (χ2v) is 4.18. The van der Waals surface area contributed by atoms with E-state index in [1.165, 1.54) is 6.20 Å². The summed E-state index contributed by atoms with van der Waals surface area (Å²) in [5.41, 5.74) is 6.70. The highest BCUT2D eigenvalue weighted by Gasteiger charge is 2.14. The standard InChI is InChI=1S/C8H10N6OS/c1-4-5(3-10-14(4)2)6(15)11-8-13-12-7(9)16-8/h3H,1-2H3,(H2,9,12)(H,11,13,15). The summed E-state index contributed by atoms with van der Waals surface area (Å²) in [5.74, 6) is -0.262. The van der Waals surface area contributed by atoms with Crippen molar-refractivity contribution in [2.24, 2.45) is 7.05 Å². The van der Waals surface area contributed by atoms with Gasteiger partial charge in [-0.3, -0.25) is 14.8 Å². The molecule has 0 fully saturated rings. The maximum atomic E-state index is 11.8. The molecule has 8 heteroatoms. The predicted octanol–water partition coefficient (Wildman–Crippen LogP) is 0.415. The third kappa shape index (κ3) is 1.87. The van der Waals surface area contributed by atoms with Crippen LogP contribution in [0.3, 0.4) is 0 Å². The van der Waals surface area contributed by atoms with Crippen molar-refractivity contribution in [1.82, 2.24) is 20.0 Å². The van der Waals surface area contributed by atoms with Crippen LogP contribution in [0.1, 0.15) is 16.1 Å². The topological polar surface area (TPSA) is 98.7 Å². The molecule has 0 aliphatic heterocycles. The molecule has 0 atom stereocenters. The zero-order valence-corrected chi connectivity index (χ0v) is 9.58. The number of carbonyl (C=O) groups excluding carboxylic acids is 1. The number of hydrogen-bond donors (Lipinski definition) is 2. The summed E-state index contributed by atoms with van der Waals surface area (Å²) in [6, 6.07) is 0. The molecule has 0 bridgehead atoms. The molecule has 7 nitrogen and oxygen atoms in total. The SMILES string of the molecule is Cc1c(C(=O)Nc2nnc(N)s2)cnn1C. The van der Waals surface area contributed by atoms with E-state index < -0.39 is 0 Å². The van der Waals surface area contributed by atoms with E-state index in [2.05, 4.69) is 20.6 Å². The molecule has 84 valence electrons. The molecular weight excluding hydrogens is 228 g/mol. The van der Waals surface area contributed by atoms with E-state index in [4.69, 9.17) is 5.73 Å². The molecule has 0 radical (unpaired) electrons. The zero-order valence-electron chi connectivity index (χ0n) is 8.76. The summed E-state index contributed by atoms with van der Waals surface area (Å²) in [7, 11) is 1.77. The van der Waals surface area contributed by atoms with Gasteiger partial charge in [0.25, 0.3) is 5.91 Å². The Balaban J connectivity index is 2.18. The van der Waals surface area contributed by atoms with E-state index in [0.717, 1.165) is 17.0 Å². The van der Waals surface area contributed by atoms with Crippen molar-refractivity contribution in [2.45, 2.75) is 6.92 Å². The van der Waals surface area contributed by atoms with E-state index in [-0.39, 0.29) is 5.91 Å². The van der Waals surface area contributed by atoms with Crippen LogP contribution < -0.4 is 11.1 Å². The first kappa shape index (κ1) is 10.6. The van der Waals surface area contributed by atoms with E-state index in [1.807, 2.05) is 6.92 Å². The van der Waals surface area contributed by atoms with Crippen molar-refractivity contribution in [3.63, 3.8) is 0 Å². The Kier molecular flexibility index (Phi) is 2.57. The number of amides is 1. The Labute approximate surface area is 95.3 Å². The minimum absolute atomic E-state index is 0.262. The maximum Gasteiger partial charge on any atom is 0.260 e. The van der Waals surface area contributed by atoms with Gasteiger partial charge in [0.15, 0.2) is 0 Å². The van der Waals surface area contributed by atoms with Crippen LogP contribution in [-0.2, 0) is 7.05 Å². The van der Waals surface area contributed by atoms with E-state index >= 15 is 0 Å². The van der Waals surface area contributed by atoms with Gasteiger partial charge in [0.05, 0.1) is 11.8 Å². The summed E-state index contributed by atoms with van der Waals surface area (Å²) in [4.78, 5) is 11.8. The van der Waals surface area contributed by atoms with E-state index in [9.17, 15) is 4.79 Å². The lowest BCUT2D eigenvalue weighted by molar-refractivity contribution is 0.102. The van der Waals surface area contributed by atoms with Gasteiger partial charge in [0, 0.05) is 12.7 Å². The first-order chi connectivity index (χ1) is 7.58. The van der Waals surface area contributed by atoms with Crippen molar-refractivity contribution >= 4 is 27.5 Å². The number of hydrogen-bond acceptors (Lipinski definition) is 6. The smallest absolute Gasteiger partial charge is 0.260 e. The van der Waals surface area contributed by atoms with Crippen LogP contribution in [0.5, 0.6) is 0 Å². The molecule has 0 aromatic carbocycles. The highest BCUT2D eigenvalue weighted by atomic mass is 32.1. The van der Waals surface area contributed by atoms with Crippen LogP contribution in [0.25, 0.3) is 0 Å². The first-order valence-electron chi connectivity index (χ1n) is 4.47. The minimum atomic E-state index is -0.262. The lowest BCUT2D eigenvalue weighted by Crippen LogP contribution is -2.12. The summed E-state index contributed by atoms with van der Waals surface area (Å²) in [6.45, 7) is 1.82. The number of aryl methyl sites for hydroxylation is 1. The van der Waals surface area contributed by atoms with E-state index in [1.54, 1.807) is 11.7 Å². The molecule has 1 amide bonds. The number of nitrogens with two attached hydrogens (primary N) is 1. The zero-order chi connectivity index (χ0) is 11.7. The molecule has 0 aliphatic rings. The van der Waals surface area contributed by atoms with E-state index in [0.29, 0.717) is 15.8 Å². The molecule has 0 saturated carbocycles.